The summed E-state index contributed by atoms with van der Waals surface area (Å²) < 4.78 is 227. The third kappa shape index (κ3) is 16.9. The van der Waals surface area contributed by atoms with E-state index in [1.165, 1.54) is 6.07 Å². The van der Waals surface area contributed by atoms with Crippen LogP contribution in [0.4, 0.5) is 35.1 Å². The maximum absolute atomic E-state index is 13.5. The Hall–Kier alpha value is -4.34. The standard InChI is InChI=1S/C14H20F2O5S.C14H12F2O5S.C11H16F2O5S.C9H16F2O5S/c1-20-22(18,19)14(15,16)8-21-12(17)13-5-9-2-10(6-13)4-11(3-9)7-13;1-20-22(18,19)14(15,16)9-21-13(17)12-8-4-6-10-5-2-3-7-11(10)12;1-17-19(15,16)11(12,13)6-18-10(14)9-5-7-2-3-8(9)4-7;1-3-4-5-6-8(12)16-7-9(10,11)17(13,14)15-2/h9-11H,2-8H2,1H3;2-8H,9H2,1H3;7-9H,2-6H2,1H3;3-7H2,1-2H3. The summed E-state index contributed by atoms with van der Waals surface area (Å²) in [5.41, 5.74) is -0.606. The Bertz CT molecular complexity index is 2900. The minimum absolute atomic E-state index is 0.00303. The molecule has 456 valence electrons. The molecule has 0 heterocycles. The highest BCUT2D eigenvalue weighted by molar-refractivity contribution is 7.88. The van der Waals surface area contributed by atoms with Gasteiger partial charge in [-0.1, -0.05) is 62.6 Å². The van der Waals surface area contributed by atoms with Gasteiger partial charge >= 0.3 is 85.4 Å². The summed E-state index contributed by atoms with van der Waals surface area (Å²) in [5.74, 6) is -1.54. The predicted molar refractivity (Wildman–Crippen MR) is 264 cm³/mol. The Morgan fingerprint density at radius 3 is 1.40 bits per heavy atom. The van der Waals surface area contributed by atoms with E-state index in [1.807, 2.05) is 6.92 Å². The first-order valence-corrected chi connectivity index (χ1v) is 30.5. The quantitative estimate of drug-likeness (QED) is 0.0334. The largest absolute Gasteiger partial charge is 0.458 e. The summed E-state index contributed by atoms with van der Waals surface area (Å²) in [6, 6.07) is 11.6. The van der Waals surface area contributed by atoms with Crippen LogP contribution >= 0.6 is 0 Å². The number of carbonyl (C=O) groups is 4. The van der Waals surface area contributed by atoms with Crippen molar-refractivity contribution in [3.8, 4) is 0 Å². The molecule has 0 N–H and O–H groups in total. The average molecular weight is 1240 g/mol. The second-order valence-electron chi connectivity index (χ2n) is 19.9. The topological polar surface area (TPSA) is 279 Å². The van der Waals surface area contributed by atoms with Crippen LogP contribution in [0.2, 0.25) is 0 Å². The fourth-order valence-corrected chi connectivity index (χ4v) is 12.4. The van der Waals surface area contributed by atoms with E-state index in [1.54, 1.807) is 36.4 Å². The van der Waals surface area contributed by atoms with Gasteiger partial charge in [-0.15, -0.1) is 0 Å². The number of fused-ring (bicyclic) bond motifs is 3. The SMILES string of the molecule is CCCCCC(=O)OCC(F)(F)S(=O)(=O)OC.COS(=O)(=O)C(F)(F)COC(=O)C12CC3CC(CC(C3)C1)C2.COS(=O)(=O)C(F)(F)COC(=O)C1CC2CCC1C2.COS(=O)(=O)C(F)(F)COC(=O)c1cccc2ccccc12. The summed E-state index contributed by atoms with van der Waals surface area (Å²) >= 11 is 0. The Kier molecular flexibility index (Phi) is 23.3. The molecule has 6 bridgehead atoms. The molecule has 2 aromatic carbocycles. The number of ether oxygens (including phenoxy) is 4. The molecular formula is C48H64F8O20S4. The molecule has 6 aliphatic rings. The Balaban J connectivity index is 0.000000231. The van der Waals surface area contributed by atoms with Crippen molar-refractivity contribution in [2.75, 3.05) is 54.9 Å². The molecule has 0 saturated heterocycles. The average Bonchev–Trinajstić information content (AvgIpc) is 4.09. The number of halogens is 8. The van der Waals surface area contributed by atoms with Crippen LogP contribution in [0.1, 0.15) is 107 Å². The molecule has 0 aliphatic heterocycles. The van der Waals surface area contributed by atoms with E-state index in [4.69, 9.17) is 4.74 Å². The van der Waals surface area contributed by atoms with E-state index in [2.05, 4.69) is 30.9 Å². The minimum atomic E-state index is -5.13. The van der Waals surface area contributed by atoms with Gasteiger partial charge in [-0.25, -0.2) is 4.79 Å². The van der Waals surface area contributed by atoms with Gasteiger partial charge in [-0.3, -0.25) is 31.1 Å². The molecule has 6 aliphatic carbocycles. The number of carbonyl (C=O) groups excluding carboxylic acids is 4. The van der Waals surface area contributed by atoms with Crippen molar-refractivity contribution in [3.05, 3.63) is 48.0 Å². The summed E-state index contributed by atoms with van der Waals surface area (Å²) in [4.78, 5) is 47.0. The molecule has 3 atom stereocenters. The summed E-state index contributed by atoms with van der Waals surface area (Å²) in [5, 5.41) is -15.7. The van der Waals surface area contributed by atoms with Crippen LogP contribution in [0, 0.1) is 40.9 Å². The number of esters is 4. The highest BCUT2D eigenvalue weighted by Crippen LogP contribution is 2.60. The maximum Gasteiger partial charge on any atom is 0.403 e. The molecular weight excluding hydrogens is 1180 g/mol. The van der Waals surface area contributed by atoms with Gasteiger partial charge in [-0.05, 0) is 111 Å². The fourth-order valence-electron chi connectivity index (χ4n) is 10.6. The Labute approximate surface area is 458 Å². The number of alkyl halides is 8. The van der Waals surface area contributed by atoms with Crippen molar-refractivity contribution in [1.82, 2.24) is 0 Å². The van der Waals surface area contributed by atoms with Gasteiger partial charge in [0.15, 0.2) is 26.4 Å². The molecule has 3 unspecified atom stereocenters. The molecule has 20 nitrogen and oxygen atoms in total. The molecule has 2 aromatic rings. The van der Waals surface area contributed by atoms with Crippen LogP contribution in [-0.4, -0.2) is 133 Å². The van der Waals surface area contributed by atoms with Crippen molar-refractivity contribution in [1.29, 1.82) is 0 Å². The van der Waals surface area contributed by atoms with E-state index in [9.17, 15) is 88.0 Å². The van der Waals surface area contributed by atoms with E-state index in [0.29, 0.717) is 89.6 Å². The zero-order valence-electron chi connectivity index (χ0n) is 44.1. The molecule has 0 radical (unpaired) electrons. The Morgan fingerprint density at radius 1 is 0.525 bits per heavy atom. The lowest BCUT2D eigenvalue weighted by Gasteiger charge is -2.55. The van der Waals surface area contributed by atoms with Gasteiger partial charge in [0.2, 0.25) is 0 Å². The smallest absolute Gasteiger partial charge is 0.403 e. The lowest BCUT2D eigenvalue weighted by atomic mass is 9.49. The lowest BCUT2D eigenvalue weighted by molar-refractivity contribution is -0.177. The van der Waals surface area contributed by atoms with Crippen LogP contribution in [-0.2, 0) is 90.5 Å². The molecule has 8 rings (SSSR count). The Morgan fingerprint density at radius 2 is 0.963 bits per heavy atom. The van der Waals surface area contributed by atoms with Crippen molar-refractivity contribution in [2.24, 2.45) is 40.9 Å². The van der Waals surface area contributed by atoms with Crippen molar-refractivity contribution < 1.29 is 124 Å². The number of unbranched alkanes of at least 4 members (excludes halogenated alkanes) is 2. The first-order chi connectivity index (χ1) is 37.0. The zero-order valence-corrected chi connectivity index (χ0v) is 47.3. The van der Waals surface area contributed by atoms with Crippen molar-refractivity contribution in [3.63, 3.8) is 0 Å². The molecule has 0 amide bonds. The second-order valence-corrected chi connectivity index (χ2v) is 27.3. The van der Waals surface area contributed by atoms with Gasteiger partial charge in [0, 0.05) is 6.42 Å². The van der Waals surface area contributed by atoms with Crippen LogP contribution in [0.3, 0.4) is 0 Å². The lowest BCUT2D eigenvalue weighted by Crippen LogP contribution is -2.51. The zero-order chi connectivity index (χ0) is 60.3. The number of hydrogen-bond acceptors (Lipinski definition) is 20. The minimum Gasteiger partial charge on any atom is -0.458 e. The van der Waals surface area contributed by atoms with E-state index in [0.717, 1.165) is 56.8 Å². The van der Waals surface area contributed by atoms with Crippen LogP contribution in [0.15, 0.2) is 42.5 Å². The molecule has 0 spiro atoms. The van der Waals surface area contributed by atoms with E-state index >= 15 is 0 Å². The van der Waals surface area contributed by atoms with Crippen molar-refractivity contribution >= 4 is 75.1 Å². The number of rotatable bonds is 23. The normalized spacial score (nSPS) is 23.6. The predicted octanol–water partition coefficient (Wildman–Crippen LogP) is 8.09. The van der Waals surface area contributed by atoms with Gasteiger partial charge < -0.3 is 18.9 Å². The molecule has 32 heteroatoms. The third-order valence-corrected chi connectivity index (χ3v) is 19.5. The van der Waals surface area contributed by atoms with Gasteiger partial charge in [0.25, 0.3) is 0 Å². The van der Waals surface area contributed by atoms with Crippen LogP contribution in [0.5, 0.6) is 0 Å². The van der Waals surface area contributed by atoms with Gasteiger partial charge in [0.05, 0.1) is 45.3 Å². The summed E-state index contributed by atoms with van der Waals surface area (Å²) in [7, 11) is -17.7. The maximum atomic E-state index is 13.5. The highest BCUT2D eigenvalue weighted by Gasteiger charge is 2.57. The number of hydrogen-bond donors (Lipinski definition) is 0. The summed E-state index contributed by atoms with van der Waals surface area (Å²) in [6.07, 6.45) is 11.1. The first kappa shape index (κ1) is 68.2. The van der Waals surface area contributed by atoms with E-state index < -0.39 is 117 Å². The monoisotopic (exact) mass is 1240 g/mol. The van der Waals surface area contributed by atoms with Crippen LogP contribution in [0.25, 0.3) is 10.8 Å². The number of benzene rings is 2. The van der Waals surface area contributed by atoms with Gasteiger partial charge in [-0.2, -0.15) is 68.8 Å². The highest BCUT2D eigenvalue weighted by atomic mass is 32.2. The molecule has 6 fully saturated rings. The van der Waals surface area contributed by atoms with E-state index in [-0.39, 0.29) is 23.8 Å². The fraction of sp³-hybridized carbons (Fsp3) is 0.708. The van der Waals surface area contributed by atoms with Crippen molar-refractivity contribution in [2.45, 2.75) is 118 Å². The van der Waals surface area contributed by atoms with Gasteiger partial charge in [0.1, 0.15) is 0 Å². The first-order valence-electron chi connectivity index (χ1n) is 24.9. The third-order valence-electron chi connectivity index (χ3n) is 14.4. The summed E-state index contributed by atoms with van der Waals surface area (Å²) in [6.45, 7) is -4.19. The molecule has 6 saturated carbocycles. The van der Waals surface area contributed by atoms with Crippen LogP contribution < -0.4 is 0 Å². The second kappa shape index (κ2) is 27.4. The molecule has 80 heavy (non-hydrogen) atoms. The molecule has 0 aromatic heterocycles.